The molecule has 0 aliphatic heterocycles. The number of hydrogen-bond acceptors (Lipinski definition) is 3. The van der Waals surface area contributed by atoms with Crippen molar-refractivity contribution in [3.8, 4) is 5.75 Å². The minimum Gasteiger partial charge on any atom is -0.479 e. The Labute approximate surface area is 110 Å². The van der Waals surface area contributed by atoms with Gasteiger partial charge < -0.3 is 9.47 Å². The van der Waals surface area contributed by atoms with Gasteiger partial charge in [0.2, 0.25) is 0 Å². The minimum atomic E-state index is -0.615. The third-order valence-electron chi connectivity index (χ3n) is 1.87. The zero-order chi connectivity index (χ0) is 13.1. The molecule has 1 unspecified atom stereocenters. The number of carbonyl (C=O) groups excluding carboxylic acids is 1. The van der Waals surface area contributed by atoms with Crippen LogP contribution in [0.1, 0.15) is 27.7 Å². The maximum absolute atomic E-state index is 11.7. The Bertz CT molecular complexity index is 379. The number of benzene rings is 1. The summed E-state index contributed by atoms with van der Waals surface area (Å²) in [5.74, 6) is 0.284. The molecule has 1 aromatic carbocycles. The molecule has 0 saturated heterocycles. The smallest absolute Gasteiger partial charge is 0.347 e. The fraction of sp³-hybridized carbons (Fsp3) is 0.462. The Hall–Kier alpha value is -1.03. The molecule has 1 rings (SSSR count). The van der Waals surface area contributed by atoms with Gasteiger partial charge in [-0.3, -0.25) is 0 Å². The van der Waals surface area contributed by atoms with E-state index in [1.54, 1.807) is 19.1 Å². The number of ether oxygens (including phenoxy) is 2. The molecular weight excluding hydrogens is 284 g/mol. The second kappa shape index (κ2) is 5.54. The molecule has 0 fully saturated rings. The van der Waals surface area contributed by atoms with Crippen molar-refractivity contribution in [3.05, 3.63) is 28.7 Å². The quantitative estimate of drug-likeness (QED) is 0.801. The minimum absolute atomic E-state index is 0.361. The fourth-order valence-corrected chi connectivity index (χ4v) is 1.41. The molecule has 3 nitrogen and oxygen atoms in total. The van der Waals surface area contributed by atoms with Gasteiger partial charge in [0.15, 0.2) is 6.10 Å². The normalized spacial score (nSPS) is 13.0. The average Bonchev–Trinajstić information content (AvgIpc) is 2.19. The van der Waals surface area contributed by atoms with Gasteiger partial charge in [-0.15, -0.1) is 0 Å². The van der Waals surface area contributed by atoms with E-state index in [1.165, 1.54) is 0 Å². The van der Waals surface area contributed by atoms with Gasteiger partial charge in [-0.2, -0.15) is 0 Å². The molecule has 0 aromatic heterocycles. The molecule has 17 heavy (non-hydrogen) atoms. The number of hydrogen-bond donors (Lipinski definition) is 0. The second-order valence-corrected chi connectivity index (χ2v) is 5.66. The van der Waals surface area contributed by atoms with E-state index >= 15 is 0 Å². The molecule has 1 aromatic rings. The summed E-state index contributed by atoms with van der Waals surface area (Å²) in [4.78, 5) is 11.7. The third-order valence-corrected chi connectivity index (χ3v) is 2.39. The lowest BCUT2D eigenvalue weighted by molar-refractivity contribution is -0.162. The van der Waals surface area contributed by atoms with Crippen LogP contribution in [0.3, 0.4) is 0 Å². The summed E-state index contributed by atoms with van der Waals surface area (Å²) in [6.07, 6.45) is -0.615. The van der Waals surface area contributed by atoms with E-state index < -0.39 is 11.7 Å². The van der Waals surface area contributed by atoms with Gasteiger partial charge >= 0.3 is 5.97 Å². The second-order valence-electron chi connectivity index (χ2n) is 4.75. The first-order chi connectivity index (χ1) is 7.78. The van der Waals surface area contributed by atoms with Crippen LogP contribution in [-0.4, -0.2) is 17.7 Å². The lowest BCUT2D eigenvalue weighted by Crippen LogP contribution is -2.33. The topological polar surface area (TPSA) is 35.5 Å². The van der Waals surface area contributed by atoms with Crippen LogP contribution in [0.4, 0.5) is 0 Å². The molecule has 0 aliphatic rings. The molecule has 0 N–H and O–H groups in total. The lowest BCUT2D eigenvalue weighted by atomic mass is 10.2. The van der Waals surface area contributed by atoms with Crippen molar-refractivity contribution in [2.24, 2.45) is 0 Å². The van der Waals surface area contributed by atoms with Crippen LogP contribution in [0, 0.1) is 0 Å². The third kappa shape index (κ3) is 5.22. The predicted octanol–water partition coefficient (Wildman–Crippen LogP) is 3.56. The van der Waals surface area contributed by atoms with Crippen LogP contribution in [0.15, 0.2) is 28.7 Å². The maximum Gasteiger partial charge on any atom is 0.347 e. The number of esters is 1. The highest BCUT2D eigenvalue weighted by atomic mass is 79.9. The van der Waals surface area contributed by atoms with Crippen LogP contribution >= 0.6 is 15.9 Å². The van der Waals surface area contributed by atoms with Crippen molar-refractivity contribution in [3.63, 3.8) is 0 Å². The molecule has 0 spiro atoms. The van der Waals surface area contributed by atoms with Crippen LogP contribution in [0.5, 0.6) is 5.75 Å². The Kier molecular flexibility index (Phi) is 4.57. The summed E-state index contributed by atoms with van der Waals surface area (Å²) >= 11 is 3.33. The first-order valence-corrected chi connectivity index (χ1v) is 6.22. The van der Waals surface area contributed by atoms with Crippen LogP contribution < -0.4 is 4.74 Å². The molecule has 4 heteroatoms. The van der Waals surface area contributed by atoms with Gasteiger partial charge in [0, 0.05) is 4.47 Å². The maximum atomic E-state index is 11.7. The number of carbonyl (C=O) groups is 1. The van der Waals surface area contributed by atoms with E-state index in [-0.39, 0.29) is 5.97 Å². The largest absolute Gasteiger partial charge is 0.479 e. The van der Waals surface area contributed by atoms with Gasteiger partial charge in [-0.1, -0.05) is 15.9 Å². The van der Waals surface area contributed by atoms with E-state index in [0.717, 1.165) is 4.47 Å². The van der Waals surface area contributed by atoms with E-state index in [0.29, 0.717) is 5.75 Å². The molecule has 0 aliphatic carbocycles. The Morgan fingerprint density at radius 1 is 1.24 bits per heavy atom. The van der Waals surface area contributed by atoms with Gasteiger partial charge in [-0.25, -0.2) is 4.79 Å². The van der Waals surface area contributed by atoms with E-state index in [1.807, 2.05) is 32.9 Å². The molecule has 0 bridgehead atoms. The molecule has 0 heterocycles. The zero-order valence-electron chi connectivity index (χ0n) is 10.5. The van der Waals surface area contributed by atoms with Crippen molar-refractivity contribution < 1.29 is 14.3 Å². The predicted molar refractivity (Wildman–Crippen MR) is 70.1 cm³/mol. The van der Waals surface area contributed by atoms with Crippen molar-refractivity contribution in [2.75, 3.05) is 0 Å². The summed E-state index contributed by atoms with van der Waals surface area (Å²) in [5.41, 5.74) is -0.492. The van der Waals surface area contributed by atoms with Crippen molar-refractivity contribution in [1.82, 2.24) is 0 Å². The van der Waals surface area contributed by atoms with Gasteiger partial charge in [0.1, 0.15) is 11.4 Å². The van der Waals surface area contributed by atoms with Crippen LogP contribution in [0.2, 0.25) is 0 Å². The first kappa shape index (κ1) is 14.0. The molecule has 1 atom stereocenters. The van der Waals surface area contributed by atoms with Gasteiger partial charge in [0.05, 0.1) is 0 Å². The number of halogens is 1. The van der Waals surface area contributed by atoms with Crippen molar-refractivity contribution in [1.29, 1.82) is 0 Å². The molecule has 0 amide bonds. The molecular formula is C13H17BrO3. The highest BCUT2D eigenvalue weighted by Gasteiger charge is 2.22. The highest BCUT2D eigenvalue weighted by Crippen LogP contribution is 2.18. The van der Waals surface area contributed by atoms with E-state index in [9.17, 15) is 4.79 Å². The molecule has 0 saturated carbocycles. The van der Waals surface area contributed by atoms with Crippen LogP contribution in [0.25, 0.3) is 0 Å². The average molecular weight is 301 g/mol. The summed E-state index contributed by atoms with van der Waals surface area (Å²) < 4.78 is 11.7. The summed E-state index contributed by atoms with van der Waals surface area (Å²) in [7, 11) is 0. The van der Waals surface area contributed by atoms with Crippen LogP contribution in [-0.2, 0) is 9.53 Å². The SMILES string of the molecule is CC(Oc1ccc(Br)cc1)C(=O)OC(C)(C)C. The number of rotatable bonds is 3. The summed E-state index contributed by atoms with van der Waals surface area (Å²) in [6, 6.07) is 7.31. The standard InChI is InChI=1S/C13H17BrO3/c1-9(12(15)17-13(2,3)4)16-11-7-5-10(14)6-8-11/h5-9H,1-4H3. The zero-order valence-corrected chi connectivity index (χ0v) is 12.1. The van der Waals surface area contributed by atoms with Gasteiger partial charge in [0.25, 0.3) is 0 Å². The van der Waals surface area contributed by atoms with Crippen molar-refractivity contribution >= 4 is 21.9 Å². The summed E-state index contributed by atoms with van der Waals surface area (Å²) in [6.45, 7) is 7.17. The van der Waals surface area contributed by atoms with Crippen molar-refractivity contribution in [2.45, 2.75) is 39.4 Å². The van der Waals surface area contributed by atoms with E-state index in [2.05, 4.69) is 15.9 Å². The monoisotopic (exact) mass is 300 g/mol. The van der Waals surface area contributed by atoms with E-state index in [4.69, 9.17) is 9.47 Å². The highest BCUT2D eigenvalue weighted by molar-refractivity contribution is 9.10. The molecule has 94 valence electrons. The Morgan fingerprint density at radius 3 is 2.24 bits per heavy atom. The first-order valence-electron chi connectivity index (χ1n) is 5.43. The fourth-order valence-electron chi connectivity index (χ4n) is 1.15. The van der Waals surface area contributed by atoms with Gasteiger partial charge in [-0.05, 0) is 52.0 Å². The molecule has 0 radical (unpaired) electrons. The summed E-state index contributed by atoms with van der Waals surface area (Å²) in [5, 5.41) is 0. The lowest BCUT2D eigenvalue weighted by Gasteiger charge is -2.22. The Balaban J connectivity index is 2.57. The Morgan fingerprint density at radius 2 is 1.76 bits per heavy atom.